The second-order valence-corrected chi connectivity index (χ2v) is 7.96. The van der Waals surface area contributed by atoms with Crippen LogP contribution < -0.4 is 10.6 Å². The average Bonchev–Trinajstić information content (AvgIpc) is 3.17. The Kier molecular flexibility index (Phi) is 4.90. The van der Waals surface area contributed by atoms with Crippen molar-refractivity contribution in [1.29, 1.82) is 0 Å². The topological polar surface area (TPSA) is 79.2 Å². The van der Waals surface area contributed by atoms with Gasteiger partial charge in [-0.25, -0.2) is 4.98 Å². The van der Waals surface area contributed by atoms with Crippen LogP contribution in [0.25, 0.3) is 11.0 Å². The van der Waals surface area contributed by atoms with Crippen molar-refractivity contribution < 1.29 is 9.90 Å². The Hall–Kier alpha value is -4.06. The quantitative estimate of drug-likeness (QED) is 0.419. The summed E-state index contributed by atoms with van der Waals surface area (Å²) in [5, 5.41) is 16.2. The number of allylic oxidation sites excluding steroid dienone is 1. The van der Waals surface area contributed by atoms with Crippen LogP contribution >= 0.6 is 0 Å². The van der Waals surface area contributed by atoms with Gasteiger partial charge in [-0.2, -0.15) is 0 Å². The van der Waals surface area contributed by atoms with E-state index in [1.165, 1.54) is 5.56 Å². The summed E-state index contributed by atoms with van der Waals surface area (Å²) in [6, 6.07) is 22.4. The molecule has 0 aliphatic carbocycles. The number of nitrogens with one attached hydrogen (secondary N) is 2. The minimum atomic E-state index is -0.394. The second kappa shape index (κ2) is 7.89. The number of aromatic nitrogens is 2. The highest BCUT2D eigenvalue weighted by atomic mass is 16.3. The summed E-state index contributed by atoms with van der Waals surface area (Å²) >= 11 is 0. The van der Waals surface area contributed by atoms with Crippen molar-refractivity contribution >= 4 is 28.6 Å². The molecule has 1 atom stereocenters. The first-order valence-corrected chi connectivity index (χ1v) is 10.7. The molecule has 0 fully saturated rings. The lowest BCUT2D eigenvalue weighted by Crippen LogP contribution is -2.30. The van der Waals surface area contributed by atoms with Gasteiger partial charge >= 0.3 is 0 Å². The number of hydrogen-bond acceptors (Lipinski definition) is 4. The van der Waals surface area contributed by atoms with E-state index in [-0.39, 0.29) is 11.7 Å². The monoisotopic (exact) mass is 424 g/mol. The molecule has 1 aromatic heterocycles. The highest BCUT2D eigenvalue weighted by molar-refractivity contribution is 6.06. The van der Waals surface area contributed by atoms with Crippen LogP contribution in [0, 0.1) is 0 Å². The molecule has 3 N–H and O–H groups in total. The van der Waals surface area contributed by atoms with Gasteiger partial charge in [0.15, 0.2) is 0 Å². The molecule has 0 unspecified atom stereocenters. The molecule has 1 aliphatic rings. The summed E-state index contributed by atoms with van der Waals surface area (Å²) in [5.74, 6) is 0.687. The second-order valence-electron chi connectivity index (χ2n) is 7.96. The zero-order valence-corrected chi connectivity index (χ0v) is 18.0. The van der Waals surface area contributed by atoms with Gasteiger partial charge in [0.05, 0.1) is 22.6 Å². The number of carbonyl (C=O) groups is 1. The molecule has 5 rings (SSSR count). The maximum Gasteiger partial charge on any atom is 0.255 e. The van der Waals surface area contributed by atoms with Crippen LogP contribution in [0.4, 0.5) is 11.6 Å². The Balaban J connectivity index is 1.62. The molecule has 160 valence electrons. The lowest BCUT2D eigenvalue weighted by molar-refractivity contribution is -0.113. The predicted molar refractivity (Wildman–Crippen MR) is 127 cm³/mol. The fourth-order valence-electron chi connectivity index (χ4n) is 4.25. The van der Waals surface area contributed by atoms with Crippen LogP contribution in [0.5, 0.6) is 5.75 Å². The van der Waals surface area contributed by atoms with Gasteiger partial charge in [-0.3, -0.25) is 9.36 Å². The average molecular weight is 425 g/mol. The first-order chi connectivity index (χ1) is 15.5. The molecule has 6 nitrogen and oxygen atoms in total. The number of hydrogen-bond donors (Lipinski definition) is 3. The van der Waals surface area contributed by atoms with Gasteiger partial charge in [-0.05, 0) is 60.9 Å². The Morgan fingerprint density at radius 3 is 2.50 bits per heavy atom. The number of aromatic hydroxyl groups is 1. The summed E-state index contributed by atoms with van der Waals surface area (Å²) in [4.78, 5) is 18.3. The fourth-order valence-corrected chi connectivity index (χ4v) is 4.25. The van der Waals surface area contributed by atoms with E-state index in [9.17, 15) is 9.90 Å². The van der Waals surface area contributed by atoms with Crippen molar-refractivity contribution in [1.82, 2.24) is 9.55 Å². The number of phenolic OH excluding ortho intramolecular Hbond substituents is 1. The minimum absolute atomic E-state index is 0.180. The largest absolute Gasteiger partial charge is 0.508 e. The summed E-state index contributed by atoms with van der Waals surface area (Å²) in [6.07, 6.45) is 0.946. The number of para-hydroxylation sites is 2. The smallest absolute Gasteiger partial charge is 0.255 e. The molecular weight excluding hydrogens is 400 g/mol. The predicted octanol–water partition coefficient (Wildman–Crippen LogP) is 5.23. The van der Waals surface area contributed by atoms with Crippen LogP contribution in [0.2, 0.25) is 0 Å². The number of fused-ring (bicyclic) bond motifs is 3. The van der Waals surface area contributed by atoms with Gasteiger partial charge in [-0.1, -0.05) is 43.3 Å². The van der Waals surface area contributed by atoms with Gasteiger partial charge in [0.2, 0.25) is 5.95 Å². The van der Waals surface area contributed by atoms with Crippen LogP contribution in [0.1, 0.15) is 31.0 Å². The lowest BCUT2D eigenvalue weighted by atomic mass is 9.94. The fraction of sp³-hybridized carbons (Fsp3) is 0.154. The molecule has 3 aromatic carbocycles. The van der Waals surface area contributed by atoms with E-state index >= 15 is 0 Å². The van der Waals surface area contributed by atoms with Crippen LogP contribution in [0.3, 0.4) is 0 Å². The molecule has 4 aromatic rings. The first kappa shape index (κ1) is 19.9. The molecule has 32 heavy (non-hydrogen) atoms. The lowest BCUT2D eigenvalue weighted by Gasteiger charge is -2.30. The number of nitrogens with zero attached hydrogens (tertiary/aromatic N) is 2. The van der Waals surface area contributed by atoms with Gasteiger partial charge < -0.3 is 15.7 Å². The number of amides is 1. The van der Waals surface area contributed by atoms with Gasteiger partial charge in [0.25, 0.3) is 5.91 Å². The highest BCUT2D eigenvalue weighted by Gasteiger charge is 2.34. The third-order valence-electron chi connectivity index (χ3n) is 5.90. The van der Waals surface area contributed by atoms with Crippen molar-refractivity contribution in [3.8, 4) is 5.75 Å². The van der Waals surface area contributed by atoms with E-state index in [4.69, 9.17) is 4.98 Å². The minimum Gasteiger partial charge on any atom is -0.508 e. The summed E-state index contributed by atoms with van der Waals surface area (Å²) in [5.41, 5.74) is 5.98. The molecule has 1 amide bonds. The maximum absolute atomic E-state index is 13.6. The number of imidazole rings is 1. The molecule has 1 aliphatic heterocycles. The molecule has 0 saturated carbocycles. The summed E-state index contributed by atoms with van der Waals surface area (Å²) in [7, 11) is 0. The van der Waals surface area contributed by atoms with E-state index in [0.29, 0.717) is 11.5 Å². The number of anilines is 2. The Morgan fingerprint density at radius 2 is 1.78 bits per heavy atom. The van der Waals surface area contributed by atoms with Crippen molar-refractivity contribution in [2.75, 3.05) is 10.6 Å². The molecule has 2 heterocycles. The number of aryl methyl sites for hydroxylation is 1. The van der Waals surface area contributed by atoms with Crippen LogP contribution in [-0.4, -0.2) is 20.6 Å². The molecular formula is C26H24N4O2. The Morgan fingerprint density at radius 1 is 1.06 bits per heavy atom. The van der Waals surface area contributed by atoms with Crippen molar-refractivity contribution in [3.05, 3.63) is 95.2 Å². The van der Waals surface area contributed by atoms with E-state index in [2.05, 4.69) is 17.6 Å². The molecule has 0 radical (unpaired) electrons. The third-order valence-corrected chi connectivity index (χ3v) is 5.90. The number of rotatable bonds is 4. The molecule has 0 bridgehead atoms. The van der Waals surface area contributed by atoms with E-state index < -0.39 is 6.04 Å². The Labute approximate surface area is 186 Å². The standard InChI is InChI=1S/C26H24N4O2/c1-3-17-8-12-19(13-9-17)28-25(32)23-16(2)27-26-29-21-6-4-5-7-22(21)30(26)24(23)18-10-14-20(31)15-11-18/h4-15,24,31H,3H2,1-2H3,(H,27,29)(H,28,32)/t24-/m0/s1. The van der Waals surface area contributed by atoms with E-state index in [1.54, 1.807) is 12.1 Å². The normalized spacial score (nSPS) is 15.4. The maximum atomic E-state index is 13.6. The van der Waals surface area contributed by atoms with E-state index in [1.807, 2.05) is 72.2 Å². The van der Waals surface area contributed by atoms with Crippen LogP contribution in [-0.2, 0) is 11.2 Å². The van der Waals surface area contributed by atoms with Crippen molar-refractivity contribution in [2.24, 2.45) is 0 Å². The first-order valence-electron chi connectivity index (χ1n) is 10.7. The zero-order chi connectivity index (χ0) is 22.2. The Bertz CT molecular complexity index is 1330. The van der Waals surface area contributed by atoms with Crippen molar-refractivity contribution in [3.63, 3.8) is 0 Å². The van der Waals surface area contributed by atoms with Gasteiger partial charge in [0, 0.05) is 11.4 Å². The van der Waals surface area contributed by atoms with Gasteiger partial charge in [0.1, 0.15) is 5.75 Å². The molecule has 0 spiro atoms. The summed E-state index contributed by atoms with van der Waals surface area (Å²) in [6.45, 7) is 4.00. The molecule has 6 heteroatoms. The number of phenols is 1. The zero-order valence-electron chi connectivity index (χ0n) is 18.0. The molecule has 0 saturated heterocycles. The van der Waals surface area contributed by atoms with E-state index in [0.717, 1.165) is 34.4 Å². The van der Waals surface area contributed by atoms with Crippen molar-refractivity contribution in [2.45, 2.75) is 26.3 Å². The van der Waals surface area contributed by atoms with Gasteiger partial charge in [-0.15, -0.1) is 0 Å². The highest BCUT2D eigenvalue weighted by Crippen LogP contribution is 2.39. The third kappa shape index (κ3) is 3.39. The number of carbonyl (C=O) groups excluding carboxylic acids is 1. The van der Waals surface area contributed by atoms with Crippen LogP contribution in [0.15, 0.2) is 84.1 Å². The number of benzene rings is 3. The SMILES string of the molecule is CCc1ccc(NC(=O)C2=C(C)Nc3nc4ccccc4n3[C@H]2c2ccc(O)cc2)cc1. The summed E-state index contributed by atoms with van der Waals surface area (Å²) < 4.78 is 2.05.